The molecular weight excluding hydrogens is 230 g/mol. The molecule has 18 heavy (non-hydrogen) atoms. The molecule has 0 saturated heterocycles. The fraction of sp³-hybridized carbons (Fsp3) is 0.500. The Balaban J connectivity index is 2.33. The maximum Gasteiger partial charge on any atom is 0.224 e. The molecule has 4 nitrogen and oxygen atoms in total. The van der Waals surface area contributed by atoms with Gasteiger partial charge in [-0.25, -0.2) is 0 Å². The van der Waals surface area contributed by atoms with Gasteiger partial charge in [0.1, 0.15) is 11.5 Å². The zero-order valence-electron chi connectivity index (χ0n) is 10.8. The number of hydrogen-bond donors (Lipinski definition) is 3. The molecule has 4 heteroatoms. The van der Waals surface area contributed by atoms with Crippen molar-refractivity contribution in [1.82, 2.24) is 5.32 Å². The van der Waals surface area contributed by atoms with Gasteiger partial charge in [0.25, 0.3) is 0 Å². The molecule has 0 unspecified atom stereocenters. The fourth-order valence-electron chi connectivity index (χ4n) is 1.73. The van der Waals surface area contributed by atoms with E-state index in [1.807, 2.05) is 0 Å². The van der Waals surface area contributed by atoms with Crippen molar-refractivity contribution < 1.29 is 15.0 Å². The molecule has 3 N–H and O–H groups in total. The van der Waals surface area contributed by atoms with Gasteiger partial charge in [-0.2, -0.15) is 0 Å². The van der Waals surface area contributed by atoms with E-state index in [1.165, 1.54) is 31.0 Å². The van der Waals surface area contributed by atoms with E-state index in [9.17, 15) is 15.0 Å². The van der Waals surface area contributed by atoms with Crippen LogP contribution < -0.4 is 5.32 Å². The van der Waals surface area contributed by atoms with E-state index in [2.05, 4.69) is 12.2 Å². The summed E-state index contributed by atoms with van der Waals surface area (Å²) in [7, 11) is 0. The Morgan fingerprint density at radius 2 is 2.00 bits per heavy atom. The van der Waals surface area contributed by atoms with Crippen molar-refractivity contribution in [2.75, 3.05) is 6.54 Å². The van der Waals surface area contributed by atoms with Crippen LogP contribution in [0.5, 0.6) is 11.5 Å². The number of amides is 1. The highest BCUT2D eigenvalue weighted by Crippen LogP contribution is 2.22. The smallest absolute Gasteiger partial charge is 0.224 e. The Hall–Kier alpha value is -1.71. The second-order valence-electron chi connectivity index (χ2n) is 4.40. The molecule has 0 fully saturated rings. The predicted octanol–water partition coefficient (Wildman–Crippen LogP) is 2.34. The lowest BCUT2D eigenvalue weighted by Gasteiger charge is -2.07. The average molecular weight is 251 g/mol. The second-order valence-corrected chi connectivity index (χ2v) is 4.40. The van der Waals surface area contributed by atoms with E-state index in [4.69, 9.17) is 0 Å². The Morgan fingerprint density at radius 1 is 1.22 bits per heavy atom. The molecule has 1 rings (SSSR count). The summed E-state index contributed by atoms with van der Waals surface area (Å²) in [5.74, 6) is -0.0418. The van der Waals surface area contributed by atoms with Crippen LogP contribution in [-0.2, 0) is 11.2 Å². The van der Waals surface area contributed by atoms with Crippen molar-refractivity contribution >= 4 is 5.91 Å². The predicted molar refractivity (Wildman–Crippen MR) is 70.6 cm³/mol. The number of unbranched alkanes of at least 4 members (excludes halogenated alkanes) is 3. The van der Waals surface area contributed by atoms with Crippen LogP contribution in [0.3, 0.4) is 0 Å². The Bertz CT molecular complexity index is 391. The number of phenolic OH excluding ortho intramolecular Hbond substituents is 2. The zero-order chi connectivity index (χ0) is 13.4. The number of aromatic hydroxyl groups is 2. The van der Waals surface area contributed by atoms with Crippen molar-refractivity contribution in [3.05, 3.63) is 23.8 Å². The third-order valence-corrected chi connectivity index (χ3v) is 2.77. The molecule has 0 aliphatic rings. The molecule has 0 spiro atoms. The van der Waals surface area contributed by atoms with Gasteiger partial charge in [0.2, 0.25) is 5.91 Å². The first-order chi connectivity index (χ1) is 8.63. The Kier molecular flexibility index (Phi) is 6.05. The first-order valence-corrected chi connectivity index (χ1v) is 6.41. The minimum absolute atomic E-state index is 0.0360. The summed E-state index contributed by atoms with van der Waals surface area (Å²) in [4.78, 5) is 11.6. The van der Waals surface area contributed by atoms with Gasteiger partial charge in [0.15, 0.2) is 0 Å². The number of benzene rings is 1. The van der Waals surface area contributed by atoms with Gasteiger partial charge in [-0.3, -0.25) is 4.79 Å². The summed E-state index contributed by atoms with van der Waals surface area (Å²) in [5, 5.41) is 21.6. The first-order valence-electron chi connectivity index (χ1n) is 6.41. The molecule has 0 radical (unpaired) electrons. The van der Waals surface area contributed by atoms with Gasteiger partial charge in [-0.05, 0) is 24.6 Å². The second kappa shape index (κ2) is 7.58. The zero-order valence-corrected chi connectivity index (χ0v) is 10.8. The van der Waals surface area contributed by atoms with E-state index in [-0.39, 0.29) is 23.8 Å². The molecule has 0 bridgehead atoms. The number of nitrogens with one attached hydrogen (secondary N) is 1. The molecule has 0 aromatic heterocycles. The van der Waals surface area contributed by atoms with Crippen LogP contribution in [0.25, 0.3) is 0 Å². The third-order valence-electron chi connectivity index (χ3n) is 2.77. The number of hydrogen-bond acceptors (Lipinski definition) is 3. The number of rotatable bonds is 7. The molecule has 1 aromatic rings. The number of phenols is 2. The van der Waals surface area contributed by atoms with Gasteiger partial charge < -0.3 is 15.5 Å². The molecule has 0 heterocycles. The lowest BCUT2D eigenvalue weighted by molar-refractivity contribution is -0.120. The Morgan fingerprint density at radius 3 is 2.72 bits per heavy atom. The van der Waals surface area contributed by atoms with Crippen molar-refractivity contribution in [3.8, 4) is 11.5 Å². The highest BCUT2D eigenvalue weighted by Gasteiger charge is 2.08. The minimum Gasteiger partial charge on any atom is -0.508 e. The molecule has 1 aromatic carbocycles. The van der Waals surface area contributed by atoms with Crippen LogP contribution in [0.2, 0.25) is 0 Å². The normalized spacial score (nSPS) is 10.3. The summed E-state index contributed by atoms with van der Waals surface area (Å²) in [6, 6.07) is 4.19. The molecule has 0 aliphatic heterocycles. The minimum atomic E-state index is -0.132. The maximum absolute atomic E-state index is 11.6. The van der Waals surface area contributed by atoms with Crippen LogP contribution >= 0.6 is 0 Å². The largest absolute Gasteiger partial charge is 0.508 e. The summed E-state index contributed by atoms with van der Waals surface area (Å²) in [5.41, 5.74) is 0.445. The summed E-state index contributed by atoms with van der Waals surface area (Å²) >= 11 is 0. The highest BCUT2D eigenvalue weighted by molar-refractivity contribution is 5.79. The Labute approximate surface area is 108 Å². The van der Waals surface area contributed by atoms with Crippen LogP contribution in [0.15, 0.2) is 18.2 Å². The lowest BCUT2D eigenvalue weighted by atomic mass is 10.1. The lowest BCUT2D eigenvalue weighted by Crippen LogP contribution is -2.26. The molecule has 1 amide bonds. The quantitative estimate of drug-likeness (QED) is 0.514. The van der Waals surface area contributed by atoms with Crippen LogP contribution in [0.4, 0.5) is 0 Å². The van der Waals surface area contributed by atoms with Crippen LogP contribution in [0.1, 0.15) is 38.2 Å². The van der Waals surface area contributed by atoms with Crippen molar-refractivity contribution in [2.45, 2.75) is 39.0 Å². The van der Waals surface area contributed by atoms with E-state index in [1.54, 1.807) is 0 Å². The third kappa shape index (κ3) is 5.08. The summed E-state index contributed by atoms with van der Waals surface area (Å²) in [6.45, 7) is 2.81. The van der Waals surface area contributed by atoms with Gasteiger partial charge in [-0.15, -0.1) is 0 Å². The van der Waals surface area contributed by atoms with Gasteiger partial charge in [0, 0.05) is 12.1 Å². The SMILES string of the molecule is CCCCCCNC(=O)Cc1cc(O)ccc1O. The van der Waals surface area contributed by atoms with Gasteiger partial charge in [0.05, 0.1) is 6.42 Å². The molecular formula is C14H21NO3. The topological polar surface area (TPSA) is 69.6 Å². The van der Waals surface area contributed by atoms with Crippen molar-refractivity contribution in [3.63, 3.8) is 0 Å². The van der Waals surface area contributed by atoms with Gasteiger partial charge in [-0.1, -0.05) is 26.2 Å². The van der Waals surface area contributed by atoms with Crippen LogP contribution in [0, 0.1) is 0 Å². The first kappa shape index (κ1) is 14.4. The van der Waals surface area contributed by atoms with Crippen molar-refractivity contribution in [2.24, 2.45) is 0 Å². The molecule has 0 atom stereocenters. The van der Waals surface area contributed by atoms with E-state index in [0.29, 0.717) is 12.1 Å². The highest BCUT2D eigenvalue weighted by atomic mass is 16.3. The standard InChI is InChI=1S/C14H21NO3/c1-2-3-4-5-8-15-14(18)10-11-9-12(16)6-7-13(11)17/h6-7,9,16-17H,2-5,8,10H2,1H3,(H,15,18). The van der Waals surface area contributed by atoms with Crippen LogP contribution in [-0.4, -0.2) is 22.7 Å². The number of carbonyl (C=O) groups is 1. The fourth-order valence-corrected chi connectivity index (χ4v) is 1.73. The summed E-state index contributed by atoms with van der Waals surface area (Å²) in [6.07, 6.45) is 4.54. The van der Waals surface area contributed by atoms with E-state index >= 15 is 0 Å². The molecule has 0 saturated carbocycles. The maximum atomic E-state index is 11.6. The molecule has 100 valence electrons. The molecule has 0 aliphatic carbocycles. The summed E-state index contributed by atoms with van der Waals surface area (Å²) < 4.78 is 0. The van der Waals surface area contributed by atoms with E-state index < -0.39 is 0 Å². The van der Waals surface area contributed by atoms with Gasteiger partial charge >= 0.3 is 0 Å². The average Bonchev–Trinajstić information content (AvgIpc) is 2.33. The van der Waals surface area contributed by atoms with E-state index in [0.717, 1.165) is 12.8 Å². The number of carbonyl (C=O) groups excluding carboxylic acids is 1. The monoisotopic (exact) mass is 251 g/mol. The van der Waals surface area contributed by atoms with Crippen molar-refractivity contribution in [1.29, 1.82) is 0 Å².